The molecule has 6 heteroatoms. The van der Waals surface area contributed by atoms with Crippen LogP contribution in [0.5, 0.6) is 0 Å². The molecule has 1 amide bonds. The molecule has 0 bridgehead atoms. The van der Waals surface area contributed by atoms with E-state index in [1.807, 2.05) is 13.0 Å². The molecule has 0 radical (unpaired) electrons. The fourth-order valence-corrected chi connectivity index (χ4v) is 3.63. The van der Waals surface area contributed by atoms with Crippen molar-refractivity contribution >= 4 is 5.91 Å². The van der Waals surface area contributed by atoms with Crippen LogP contribution in [0.25, 0.3) is 0 Å². The Kier molecular flexibility index (Phi) is 5.74. The second-order valence-electron chi connectivity index (χ2n) is 7.20. The molecule has 26 heavy (non-hydrogen) atoms. The van der Waals surface area contributed by atoms with Crippen LogP contribution in [0.3, 0.4) is 0 Å². The van der Waals surface area contributed by atoms with Crippen molar-refractivity contribution < 1.29 is 9.53 Å². The lowest BCUT2D eigenvalue weighted by Crippen LogP contribution is -2.45. The molecule has 140 valence electrons. The van der Waals surface area contributed by atoms with Crippen LogP contribution in [0.2, 0.25) is 0 Å². The third-order valence-electron chi connectivity index (χ3n) is 4.68. The highest BCUT2D eigenvalue weighted by atomic mass is 16.5. The van der Waals surface area contributed by atoms with Gasteiger partial charge in [-0.05, 0) is 38.0 Å². The Bertz CT molecular complexity index is 761. The second-order valence-corrected chi connectivity index (χ2v) is 7.20. The molecule has 2 heterocycles. The van der Waals surface area contributed by atoms with Crippen LogP contribution >= 0.6 is 0 Å². The fourth-order valence-electron chi connectivity index (χ4n) is 3.63. The highest BCUT2D eigenvalue weighted by Gasteiger charge is 2.22. The van der Waals surface area contributed by atoms with Crippen LogP contribution in [-0.2, 0) is 24.9 Å². The minimum absolute atomic E-state index is 0.100. The Hall–Kier alpha value is -2.18. The number of carbonyl (C=O) groups is 1. The van der Waals surface area contributed by atoms with E-state index in [1.165, 1.54) is 5.56 Å². The molecule has 1 aliphatic heterocycles. The lowest BCUT2D eigenvalue weighted by Gasteiger charge is -2.35. The highest BCUT2D eigenvalue weighted by Crippen LogP contribution is 2.17. The van der Waals surface area contributed by atoms with Crippen LogP contribution in [0.1, 0.15) is 41.2 Å². The average molecular weight is 356 g/mol. The van der Waals surface area contributed by atoms with E-state index in [2.05, 4.69) is 47.4 Å². The minimum atomic E-state index is -0.100. The van der Waals surface area contributed by atoms with Crippen LogP contribution in [0.15, 0.2) is 30.3 Å². The predicted octanol–water partition coefficient (Wildman–Crippen LogP) is 2.27. The lowest BCUT2D eigenvalue weighted by molar-refractivity contribution is -0.0705. The van der Waals surface area contributed by atoms with Crippen LogP contribution in [0, 0.1) is 6.92 Å². The molecule has 1 saturated heterocycles. The summed E-state index contributed by atoms with van der Waals surface area (Å²) in [5.74, 6) is -0.100. The van der Waals surface area contributed by atoms with Gasteiger partial charge in [-0.3, -0.25) is 14.4 Å². The second kappa shape index (κ2) is 8.01. The van der Waals surface area contributed by atoms with Crippen molar-refractivity contribution in [3.05, 3.63) is 52.8 Å². The van der Waals surface area contributed by atoms with Gasteiger partial charge in [0.05, 0.1) is 17.9 Å². The Morgan fingerprint density at radius 1 is 1.23 bits per heavy atom. The Labute approximate surface area is 155 Å². The molecule has 3 rings (SSSR count). The third kappa shape index (κ3) is 4.51. The van der Waals surface area contributed by atoms with Gasteiger partial charge in [-0.1, -0.05) is 24.3 Å². The molecule has 0 spiro atoms. The van der Waals surface area contributed by atoms with Crippen molar-refractivity contribution in [3.8, 4) is 0 Å². The molecule has 1 N–H and O–H groups in total. The summed E-state index contributed by atoms with van der Waals surface area (Å²) in [6.07, 6.45) is 0.498. The first-order valence-electron chi connectivity index (χ1n) is 9.16. The molecule has 2 atom stereocenters. The van der Waals surface area contributed by atoms with E-state index in [1.54, 1.807) is 17.8 Å². The smallest absolute Gasteiger partial charge is 0.269 e. The summed E-state index contributed by atoms with van der Waals surface area (Å²) in [4.78, 5) is 14.9. The molecule has 6 nitrogen and oxygen atoms in total. The van der Waals surface area contributed by atoms with E-state index < -0.39 is 0 Å². The number of amides is 1. The fraction of sp³-hybridized carbons (Fsp3) is 0.500. The van der Waals surface area contributed by atoms with Gasteiger partial charge in [0, 0.05) is 33.2 Å². The average Bonchev–Trinajstić information content (AvgIpc) is 2.91. The molecule has 0 saturated carbocycles. The summed E-state index contributed by atoms with van der Waals surface area (Å²) in [7, 11) is 1.79. The molecule has 2 unspecified atom stereocenters. The van der Waals surface area contributed by atoms with Gasteiger partial charge in [0.25, 0.3) is 5.91 Å². The zero-order valence-electron chi connectivity index (χ0n) is 16.0. The number of ether oxygens (including phenoxy) is 1. The van der Waals surface area contributed by atoms with Crippen LogP contribution < -0.4 is 5.32 Å². The van der Waals surface area contributed by atoms with Gasteiger partial charge in [-0.15, -0.1) is 0 Å². The van der Waals surface area contributed by atoms with E-state index in [0.29, 0.717) is 12.2 Å². The first kappa shape index (κ1) is 18.6. The van der Waals surface area contributed by atoms with Crippen molar-refractivity contribution in [2.45, 2.75) is 46.1 Å². The van der Waals surface area contributed by atoms with E-state index in [0.717, 1.165) is 30.9 Å². The van der Waals surface area contributed by atoms with Crippen molar-refractivity contribution in [2.75, 3.05) is 13.1 Å². The summed E-state index contributed by atoms with van der Waals surface area (Å²) in [6.45, 7) is 9.36. The minimum Gasteiger partial charge on any atom is -0.373 e. The number of hydrogen-bond acceptors (Lipinski definition) is 4. The van der Waals surface area contributed by atoms with E-state index in [-0.39, 0.29) is 18.1 Å². The lowest BCUT2D eigenvalue weighted by atomic mass is 10.1. The maximum atomic E-state index is 12.4. The Balaban J connectivity index is 1.65. The van der Waals surface area contributed by atoms with Gasteiger partial charge in [0.1, 0.15) is 5.69 Å². The van der Waals surface area contributed by atoms with Crippen molar-refractivity contribution in [1.82, 2.24) is 20.0 Å². The number of nitrogens with one attached hydrogen (secondary N) is 1. The van der Waals surface area contributed by atoms with Crippen molar-refractivity contribution in [1.29, 1.82) is 0 Å². The van der Waals surface area contributed by atoms with E-state index in [9.17, 15) is 4.79 Å². The van der Waals surface area contributed by atoms with Gasteiger partial charge in [0.15, 0.2) is 0 Å². The number of aromatic nitrogens is 2. The molecule has 0 aliphatic carbocycles. The SMILES string of the molecule is Cc1cc(C(=O)NCc2ccccc2CN2CC(C)OC(C)C2)n(C)n1. The van der Waals surface area contributed by atoms with Gasteiger partial charge >= 0.3 is 0 Å². The summed E-state index contributed by atoms with van der Waals surface area (Å²) >= 11 is 0. The molecular weight excluding hydrogens is 328 g/mol. The topological polar surface area (TPSA) is 59.4 Å². The number of rotatable bonds is 5. The predicted molar refractivity (Wildman–Crippen MR) is 101 cm³/mol. The summed E-state index contributed by atoms with van der Waals surface area (Å²) in [5, 5.41) is 7.26. The molecule has 1 aliphatic rings. The summed E-state index contributed by atoms with van der Waals surface area (Å²) in [5.41, 5.74) is 3.81. The molecule has 2 aromatic rings. The molecular formula is C20H28N4O2. The van der Waals surface area contributed by atoms with Crippen molar-refractivity contribution in [3.63, 3.8) is 0 Å². The quantitative estimate of drug-likeness (QED) is 0.893. The van der Waals surface area contributed by atoms with Gasteiger partial charge in [-0.25, -0.2) is 0 Å². The number of aryl methyl sites for hydroxylation is 2. The number of hydrogen-bond donors (Lipinski definition) is 1. The van der Waals surface area contributed by atoms with Gasteiger partial charge in [-0.2, -0.15) is 5.10 Å². The monoisotopic (exact) mass is 356 g/mol. The van der Waals surface area contributed by atoms with Crippen molar-refractivity contribution in [2.24, 2.45) is 7.05 Å². The molecule has 1 aromatic carbocycles. The Morgan fingerprint density at radius 2 is 1.88 bits per heavy atom. The zero-order chi connectivity index (χ0) is 18.7. The van der Waals surface area contributed by atoms with E-state index in [4.69, 9.17) is 4.74 Å². The first-order valence-corrected chi connectivity index (χ1v) is 9.16. The maximum Gasteiger partial charge on any atom is 0.269 e. The van der Waals surface area contributed by atoms with Gasteiger partial charge in [0.2, 0.25) is 0 Å². The standard InChI is InChI=1S/C20H28N4O2/c1-14-9-19(23(4)22-14)20(25)21-10-17-7-5-6-8-18(17)13-24-11-15(2)26-16(3)12-24/h5-9,15-16H,10-13H2,1-4H3,(H,21,25). The maximum absolute atomic E-state index is 12.4. The third-order valence-corrected chi connectivity index (χ3v) is 4.68. The van der Waals surface area contributed by atoms with Crippen LogP contribution in [-0.4, -0.2) is 45.9 Å². The summed E-state index contributed by atoms with van der Waals surface area (Å²) in [6, 6.07) is 10.1. The Morgan fingerprint density at radius 3 is 2.50 bits per heavy atom. The zero-order valence-corrected chi connectivity index (χ0v) is 16.0. The normalized spacial score (nSPS) is 20.9. The molecule has 1 aromatic heterocycles. The number of benzene rings is 1. The number of nitrogens with zero attached hydrogens (tertiary/aromatic N) is 3. The summed E-state index contributed by atoms with van der Waals surface area (Å²) < 4.78 is 7.44. The highest BCUT2D eigenvalue weighted by molar-refractivity contribution is 5.92. The largest absolute Gasteiger partial charge is 0.373 e. The first-order chi connectivity index (χ1) is 12.4. The van der Waals surface area contributed by atoms with Crippen LogP contribution in [0.4, 0.5) is 0 Å². The van der Waals surface area contributed by atoms with Gasteiger partial charge < -0.3 is 10.1 Å². The number of morpholine rings is 1. The van der Waals surface area contributed by atoms with E-state index >= 15 is 0 Å². The molecule has 1 fully saturated rings. The number of carbonyl (C=O) groups excluding carboxylic acids is 1.